The van der Waals surface area contributed by atoms with Crippen LogP contribution in [0.25, 0.3) is 11.0 Å². The van der Waals surface area contributed by atoms with Crippen LogP contribution in [0.3, 0.4) is 0 Å². The fourth-order valence-corrected chi connectivity index (χ4v) is 4.27. The number of para-hydroxylation sites is 1. The number of benzene rings is 1. The highest BCUT2D eigenvalue weighted by Gasteiger charge is 2.23. The standard InChI is InChI=1S/C18H14N2O2S/c19-10-13-12-6-2-4-8-16(12)23-18(13)20-17(21)15-9-11-5-1-3-7-14(11)22-15/h1,3,5,7,9H,2,4,6,8H2,(H,20,21). The summed E-state index contributed by atoms with van der Waals surface area (Å²) in [6.07, 6.45) is 4.18. The van der Waals surface area contributed by atoms with Crippen LogP contribution in [0, 0.1) is 11.3 Å². The molecule has 1 aromatic carbocycles. The zero-order valence-electron chi connectivity index (χ0n) is 12.4. The summed E-state index contributed by atoms with van der Waals surface area (Å²) in [4.78, 5) is 13.7. The number of hydrogen-bond donors (Lipinski definition) is 1. The van der Waals surface area contributed by atoms with Gasteiger partial charge in [-0.05, 0) is 43.4 Å². The molecule has 4 nitrogen and oxygen atoms in total. The predicted molar refractivity (Wildman–Crippen MR) is 89.8 cm³/mol. The number of nitrogens with zero attached hydrogens (tertiary/aromatic N) is 1. The Hall–Kier alpha value is -2.58. The van der Waals surface area contributed by atoms with Crippen molar-refractivity contribution in [1.82, 2.24) is 0 Å². The summed E-state index contributed by atoms with van der Waals surface area (Å²) in [7, 11) is 0. The van der Waals surface area contributed by atoms with E-state index in [0.717, 1.165) is 36.6 Å². The summed E-state index contributed by atoms with van der Waals surface area (Å²) >= 11 is 1.52. The van der Waals surface area contributed by atoms with Crippen LogP contribution in [0.5, 0.6) is 0 Å². The van der Waals surface area contributed by atoms with Crippen molar-refractivity contribution in [3.8, 4) is 6.07 Å². The smallest absolute Gasteiger partial charge is 0.292 e. The first-order chi connectivity index (χ1) is 11.3. The second-order valence-corrected chi connectivity index (χ2v) is 6.73. The number of fused-ring (bicyclic) bond motifs is 2. The van der Waals surface area contributed by atoms with Crippen LogP contribution in [0.2, 0.25) is 0 Å². The summed E-state index contributed by atoms with van der Waals surface area (Å²) in [5, 5.41) is 13.8. The Balaban J connectivity index is 1.66. The molecule has 0 unspecified atom stereocenters. The van der Waals surface area contributed by atoms with Gasteiger partial charge >= 0.3 is 0 Å². The average molecular weight is 322 g/mol. The van der Waals surface area contributed by atoms with Crippen LogP contribution in [-0.4, -0.2) is 5.91 Å². The first-order valence-electron chi connectivity index (χ1n) is 7.61. The number of furan rings is 1. The number of aryl methyl sites for hydroxylation is 1. The van der Waals surface area contributed by atoms with Gasteiger partial charge in [0.1, 0.15) is 16.7 Å². The van der Waals surface area contributed by atoms with E-state index in [0.29, 0.717) is 16.1 Å². The molecule has 0 fully saturated rings. The normalized spacial score (nSPS) is 13.5. The number of nitriles is 1. The highest BCUT2D eigenvalue weighted by atomic mass is 32.1. The van der Waals surface area contributed by atoms with Gasteiger partial charge in [0.15, 0.2) is 5.76 Å². The van der Waals surface area contributed by atoms with Crippen LogP contribution in [-0.2, 0) is 12.8 Å². The van der Waals surface area contributed by atoms with Crippen molar-refractivity contribution < 1.29 is 9.21 Å². The van der Waals surface area contributed by atoms with E-state index in [1.54, 1.807) is 6.07 Å². The second-order valence-electron chi connectivity index (χ2n) is 5.63. The van der Waals surface area contributed by atoms with Crippen LogP contribution < -0.4 is 5.32 Å². The molecule has 0 radical (unpaired) electrons. The maximum absolute atomic E-state index is 12.5. The molecule has 114 valence electrons. The molecule has 0 spiro atoms. The van der Waals surface area contributed by atoms with Crippen molar-refractivity contribution in [2.45, 2.75) is 25.7 Å². The Morgan fingerprint density at radius 1 is 1.26 bits per heavy atom. The number of thiophene rings is 1. The molecule has 0 aliphatic heterocycles. The van der Waals surface area contributed by atoms with Crippen molar-refractivity contribution >= 4 is 33.2 Å². The van der Waals surface area contributed by atoms with E-state index in [-0.39, 0.29) is 11.7 Å². The van der Waals surface area contributed by atoms with E-state index in [4.69, 9.17) is 4.42 Å². The van der Waals surface area contributed by atoms with Gasteiger partial charge in [-0.25, -0.2) is 0 Å². The molecule has 1 aliphatic carbocycles. The third-order valence-electron chi connectivity index (χ3n) is 4.16. The van der Waals surface area contributed by atoms with Crippen LogP contribution in [0.15, 0.2) is 34.7 Å². The maximum atomic E-state index is 12.5. The van der Waals surface area contributed by atoms with Gasteiger partial charge < -0.3 is 9.73 Å². The lowest BCUT2D eigenvalue weighted by Crippen LogP contribution is -2.10. The van der Waals surface area contributed by atoms with Gasteiger partial charge in [0, 0.05) is 10.3 Å². The number of rotatable bonds is 2. The van der Waals surface area contributed by atoms with E-state index in [1.807, 2.05) is 24.3 Å². The maximum Gasteiger partial charge on any atom is 0.292 e. The minimum Gasteiger partial charge on any atom is -0.451 e. The Morgan fingerprint density at radius 3 is 2.91 bits per heavy atom. The van der Waals surface area contributed by atoms with E-state index < -0.39 is 0 Å². The van der Waals surface area contributed by atoms with E-state index in [2.05, 4.69) is 11.4 Å². The lowest BCUT2D eigenvalue weighted by molar-refractivity contribution is 0.0999. The molecule has 1 aliphatic rings. The van der Waals surface area contributed by atoms with Crippen molar-refractivity contribution in [1.29, 1.82) is 5.26 Å². The van der Waals surface area contributed by atoms with Gasteiger partial charge in [-0.2, -0.15) is 5.26 Å². The van der Waals surface area contributed by atoms with Crippen LogP contribution in [0.4, 0.5) is 5.00 Å². The number of nitrogens with one attached hydrogen (secondary N) is 1. The first kappa shape index (κ1) is 14.0. The molecule has 1 amide bonds. The number of hydrogen-bond acceptors (Lipinski definition) is 4. The predicted octanol–water partition coefficient (Wildman–Crippen LogP) is 4.50. The quantitative estimate of drug-likeness (QED) is 0.755. The van der Waals surface area contributed by atoms with E-state index in [1.165, 1.54) is 16.2 Å². The summed E-state index contributed by atoms with van der Waals surface area (Å²) in [6, 6.07) is 11.5. The van der Waals surface area contributed by atoms with Gasteiger partial charge in [-0.1, -0.05) is 18.2 Å². The molecule has 3 aromatic rings. The summed E-state index contributed by atoms with van der Waals surface area (Å²) in [5.74, 6) is -0.0437. The lowest BCUT2D eigenvalue weighted by atomic mass is 9.96. The molecule has 2 aromatic heterocycles. The Kier molecular flexibility index (Phi) is 3.40. The van der Waals surface area contributed by atoms with Gasteiger partial charge in [-0.15, -0.1) is 11.3 Å². The number of carbonyl (C=O) groups excluding carboxylic acids is 1. The van der Waals surface area contributed by atoms with E-state index in [9.17, 15) is 10.1 Å². The topological polar surface area (TPSA) is 66.0 Å². The molecule has 0 saturated heterocycles. The Labute approximate surface area is 137 Å². The molecular formula is C18H14N2O2S. The van der Waals surface area contributed by atoms with Gasteiger partial charge in [0.2, 0.25) is 0 Å². The van der Waals surface area contributed by atoms with Crippen molar-refractivity contribution in [2.24, 2.45) is 0 Å². The molecule has 2 heterocycles. The fraction of sp³-hybridized carbons (Fsp3) is 0.222. The van der Waals surface area contributed by atoms with E-state index >= 15 is 0 Å². The van der Waals surface area contributed by atoms with Gasteiger partial charge in [0.25, 0.3) is 5.91 Å². The largest absolute Gasteiger partial charge is 0.451 e. The highest BCUT2D eigenvalue weighted by molar-refractivity contribution is 7.16. The molecule has 0 bridgehead atoms. The second kappa shape index (κ2) is 5.56. The minimum absolute atomic E-state index is 0.265. The molecule has 0 saturated carbocycles. The SMILES string of the molecule is N#Cc1c(NC(=O)c2cc3ccccc3o2)sc2c1CCCC2. The monoisotopic (exact) mass is 322 g/mol. The fourth-order valence-electron chi connectivity index (χ4n) is 3.03. The number of carbonyl (C=O) groups is 1. The summed E-state index contributed by atoms with van der Waals surface area (Å²) < 4.78 is 5.59. The van der Waals surface area contributed by atoms with Crippen LogP contribution in [0.1, 0.15) is 39.4 Å². The first-order valence-corrected chi connectivity index (χ1v) is 8.42. The molecule has 4 rings (SSSR count). The lowest BCUT2D eigenvalue weighted by Gasteiger charge is -2.09. The third-order valence-corrected chi connectivity index (χ3v) is 5.37. The Bertz CT molecular complexity index is 913. The van der Waals surface area contributed by atoms with Crippen molar-refractivity contribution in [3.63, 3.8) is 0 Å². The highest BCUT2D eigenvalue weighted by Crippen LogP contribution is 2.37. The third kappa shape index (κ3) is 2.41. The minimum atomic E-state index is -0.309. The van der Waals surface area contributed by atoms with Crippen molar-refractivity contribution in [3.05, 3.63) is 52.1 Å². The zero-order chi connectivity index (χ0) is 15.8. The van der Waals surface area contributed by atoms with Gasteiger partial charge in [-0.3, -0.25) is 4.79 Å². The molecule has 5 heteroatoms. The molecule has 23 heavy (non-hydrogen) atoms. The number of amides is 1. The van der Waals surface area contributed by atoms with Crippen molar-refractivity contribution in [2.75, 3.05) is 5.32 Å². The molecule has 0 atom stereocenters. The van der Waals surface area contributed by atoms with Gasteiger partial charge in [0.05, 0.1) is 5.56 Å². The van der Waals surface area contributed by atoms with Crippen LogP contribution >= 0.6 is 11.3 Å². The molecular weight excluding hydrogens is 308 g/mol. The summed E-state index contributed by atoms with van der Waals surface area (Å²) in [6.45, 7) is 0. The summed E-state index contributed by atoms with van der Waals surface area (Å²) in [5.41, 5.74) is 2.42. The number of anilines is 1. The zero-order valence-corrected chi connectivity index (χ0v) is 13.2. The average Bonchev–Trinajstić information content (AvgIpc) is 3.15. The molecule has 1 N–H and O–H groups in total. The Morgan fingerprint density at radius 2 is 2.09 bits per heavy atom.